The van der Waals surface area contributed by atoms with E-state index in [-0.39, 0.29) is 0 Å². The molecule has 0 N–H and O–H groups in total. The summed E-state index contributed by atoms with van der Waals surface area (Å²) in [7, 11) is 2.10. The Morgan fingerprint density at radius 1 is 1.53 bits per heavy atom. The molecule has 1 aromatic rings. The Balaban J connectivity index is 2.12. The highest BCUT2D eigenvalue weighted by Crippen LogP contribution is 2.24. The zero-order valence-corrected chi connectivity index (χ0v) is 11.0. The molecule has 2 rings (SSSR count). The van der Waals surface area contributed by atoms with Gasteiger partial charge in [0.2, 0.25) is 0 Å². The van der Waals surface area contributed by atoms with Crippen LogP contribution in [0.25, 0.3) is 0 Å². The summed E-state index contributed by atoms with van der Waals surface area (Å²) in [4.78, 5) is 2.49. The van der Waals surface area contributed by atoms with Gasteiger partial charge in [-0.1, -0.05) is 11.6 Å². The van der Waals surface area contributed by atoms with Gasteiger partial charge in [-0.2, -0.15) is 0 Å². The molecule has 3 heteroatoms. The molecular weight excluding hydrogens is 212 g/mol. The number of nitrogens with zero attached hydrogens (tertiary/aromatic N) is 2. The van der Waals surface area contributed by atoms with E-state index in [9.17, 15) is 0 Å². The van der Waals surface area contributed by atoms with E-state index in [2.05, 4.69) is 54.8 Å². The first-order chi connectivity index (χ1) is 8.18. The Bertz CT molecular complexity index is 391. The number of hydrogen-bond donors (Lipinski definition) is 0. The minimum absolute atomic E-state index is 0.388. The Morgan fingerprint density at radius 2 is 2.35 bits per heavy atom. The summed E-state index contributed by atoms with van der Waals surface area (Å²) in [6.07, 6.45) is 4.39. The van der Waals surface area contributed by atoms with Gasteiger partial charge in [-0.15, -0.1) is 0 Å². The first-order valence-corrected chi connectivity index (χ1v) is 6.25. The number of morpholine rings is 1. The molecule has 1 fully saturated rings. The van der Waals surface area contributed by atoms with Crippen molar-refractivity contribution in [2.45, 2.75) is 19.9 Å². The second-order valence-electron chi connectivity index (χ2n) is 4.91. The third kappa shape index (κ3) is 2.99. The Kier molecular flexibility index (Phi) is 4.02. The van der Waals surface area contributed by atoms with Crippen molar-refractivity contribution < 1.29 is 4.74 Å². The molecule has 94 valence electrons. The molecule has 0 radical (unpaired) electrons. The van der Waals surface area contributed by atoms with Crippen molar-refractivity contribution in [3.63, 3.8) is 0 Å². The quantitative estimate of drug-likeness (QED) is 0.747. The van der Waals surface area contributed by atoms with Crippen LogP contribution < -0.4 is 0 Å². The minimum Gasteiger partial charge on any atom is -0.378 e. The summed E-state index contributed by atoms with van der Waals surface area (Å²) >= 11 is 0. The monoisotopic (exact) mass is 234 g/mol. The van der Waals surface area contributed by atoms with Gasteiger partial charge in [0.15, 0.2) is 0 Å². The maximum atomic E-state index is 5.62. The van der Waals surface area contributed by atoms with E-state index < -0.39 is 0 Å². The Morgan fingerprint density at radius 3 is 3.00 bits per heavy atom. The van der Waals surface area contributed by atoms with Gasteiger partial charge < -0.3 is 9.30 Å². The van der Waals surface area contributed by atoms with Gasteiger partial charge in [0.25, 0.3) is 0 Å². The summed E-state index contributed by atoms with van der Waals surface area (Å²) in [6, 6.07) is 4.68. The highest BCUT2D eigenvalue weighted by molar-refractivity contribution is 5.13. The van der Waals surface area contributed by atoms with Crippen molar-refractivity contribution >= 4 is 0 Å². The Hall–Kier alpha value is -1.06. The number of aromatic nitrogens is 1. The van der Waals surface area contributed by atoms with Crippen molar-refractivity contribution in [1.82, 2.24) is 9.47 Å². The van der Waals surface area contributed by atoms with Gasteiger partial charge in [0.1, 0.15) is 0 Å². The molecule has 0 amide bonds. The summed E-state index contributed by atoms with van der Waals surface area (Å²) in [5.74, 6) is 0. The zero-order chi connectivity index (χ0) is 12.3. The topological polar surface area (TPSA) is 17.4 Å². The molecule has 17 heavy (non-hydrogen) atoms. The summed E-state index contributed by atoms with van der Waals surface area (Å²) < 4.78 is 7.81. The lowest BCUT2D eigenvalue weighted by Gasteiger charge is -2.35. The molecule has 1 aliphatic heterocycles. The molecule has 1 aliphatic rings. The SMILES string of the molecule is CC(C)=CCN1CCOCC1c1cccn1C. The van der Waals surface area contributed by atoms with E-state index in [0.29, 0.717) is 6.04 Å². The van der Waals surface area contributed by atoms with E-state index >= 15 is 0 Å². The number of aryl methyl sites for hydroxylation is 1. The number of hydrogen-bond acceptors (Lipinski definition) is 2. The Labute approximate surface area is 104 Å². The van der Waals surface area contributed by atoms with Gasteiger partial charge in [0.05, 0.1) is 19.3 Å². The van der Waals surface area contributed by atoms with Crippen LogP contribution in [0, 0.1) is 0 Å². The minimum atomic E-state index is 0.388. The van der Waals surface area contributed by atoms with Crippen LogP contribution in [0.4, 0.5) is 0 Å². The van der Waals surface area contributed by atoms with Crippen LogP contribution in [0.1, 0.15) is 25.6 Å². The maximum absolute atomic E-state index is 5.62. The molecule has 1 saturated heterocycles. The van der Waals surface area contributed by atoms with E-state index in [1.807, 2.05) is 0 Å². The van der Waals surface area contributed by atoms with Crippen LogP contribution in [0.15, 0.2) is 30.0 Å². The van der Waals surface area contributed by atoms with Crippen molar-refractivity contribution in [2.75, 3.05) is 26.3 Å². The molecular formula is C14H22N2O. The molecule has 0 spiro atoms. The number of ether oxygens (including phenoxy) is 1. The maximum Gasteiger partial charge on any atom is 0.0740 e. The first-order valence-electron chi connectivity index (χ1n) is 6.25. The zero-order valence-electron chi connectivity index (χ0n) is 11.0. The van der Waals surface area contributed by atoms with Crippen molar-refractivity contribution in [1.29, 1.82) is 0 Å². The van der Waals surface area contributed by atoms with Crippen LogP contribution in [-0.2, 0) is 11.8 Å². The van der Waals surface area contributed by atoms with E-state index in [4.69, 9.17) is 4.74 Å². The molecule has 0 bridgehead atoms. The van der Waals surface area contributed by atoms with Crippen molar-refractivity contribution in [3.8, 4) is 0 Å². The van der Waals surface area contributed by atoms with E-state index in [0.717, 1.165) is 26.3 Å². The van der Waals surface area contributed by atoms with Crippen LogP contribution in [0.3, 0.4) is 0 Å². The van der Waals surface area contributed by atoms with E-state index in [1.54, 1.807) is 0 Å². The second-order valence-corrected chi connectivity index (χ2v) is 4.91. The lowest BCUT2D eigenvalue weighted by atomic mass is 10.1. The molecule has 0 saturated carbocycles. The third-order valence-corrected chi connectivity index (χ3v) is 3.30. The van der Waals surface area contributed by atoms with Crippen LogP contribution >= 0.6 is 0 Å². The van der Waals surface area contributed by atoms with Gasteiger partial charge in [-0.25, -0.2) is 0 Å². The molecule has 1 atom stereocenters. The molecule has 1 aromatic heterocycles. The van der Waals surface area contributed by atoms with Crippen molar-refractivity contribution in [2.24, 2.45) is 7.05 Å². The smallest absolute Gasteiger partial charge is 0.0740 e. The summed E-state index contributed by atoms with van der Waals surface area (Å²) in [6.45, 7) is 7.98. The highest BCUT2D eigenvalue weighted by atomic mass is 16.5. The normalized spacial score (nSPS) is 21.5. The van der Waals surface area contributed by atoms with E-state index in [1.165, 1.54) is 11.3 Å². The fourth-order valence-corrected chi connectivity index (χ4v) is 2.25. The summed E-state index contributed by atoms with van der Waals surface area (Å²) in [5.41, 5.74) is 2.72. The van der Waals surface area contributed by atoms with Gasteiger partial charge in [-0.3, -0.25) is 4.90 Å². The predicted octanol–water partition coefficient (Wildman–Crippen LogP) is 2.36. The predicted molar refractivity (Wildman–Crippen MR) is 70.0 cm³/mol. The van der Waals surface area contributed by atoms with Gasteiger partial charge >= 0.3 is 0 Å². The standard InChI is InChI=1S/C14H22N2O/c1-12(2)6-8-16-9-10-17-11-14(16)13-5-4-7-15(13)3/h4-7,14H,8-11H2,1-3H3. The lowest BCUT2D eigenvalue weighted by molar-refractivity contribution is -0.00516. The van der Waals surface area contributed by atoms with Gasteiger partial charge in [0, 0.05) is 32.0 Å². The fourth-order valence-electron chi connectivity index (χ4n) is 2.25. The average Bonchev–Trinajstić information content (AvgIpc) is 2.73. The molecule has 3 nitrogen and oxygen atoms in total. The fraction of sp³-hybridized carbons (Fsp3) is 0.571. The molecule has 0 aromatic carbocycles. The van der Waals surface area contributed by atoms with Crippen LogP contribution in [-0.4, -0.2) is 35.8 Å². The molecule has 1 unspecified atom stereocenters. The number of rotatable bonds is 3. The average molecular weight is 234 g/mol. The lowest BCUT2D eigenvalue weighted by Crippen LogP contribution is -2.40. The molecule has 0 aliphatic carbocycles. The molecule has 2 heterocycles. The first kappa shape index (κ1) is 12.4. The highest BCUT2D eigenvalue weighted by Gasteiger charge is 2.25. The van der Waals surface area contributed by atoms with Crippen molar-refractivity contribution in [3.05, 3.63) is 35.7 Å². The third-order valence-electron chi connectivity index (χ3n) is 3.30. The van der Waals surface area contributed by atoms with Gasteiger partial charge in [-0.05, 0) is 26.0 Å². The number of allylic oxidation sites excluding steroid dienone is 1. The van der Waals surface area contributed by atoms with Crippen LogP contribution in [0.2, 0.25) is 0 Å². The van der Waals surface area contributed by atoms with Crippen LogP contribution in [0.5, 0.6) is 0 Å². The largest absolute Gasteiger partial charge is 0.378 e. The summed E-state index contributed by atoms with van der Waals surface area (Å²) in [5, 5.41) is 0. The second kappa shape index (κ2) is 5.52.